The Morgan fingerprint density at radius 1 is 1.10 bits per heavy atom. The summed E-state index contributed by atoms with van der Waals surface area (Å²) in [5, 5.41) is 19.2. The van der Waals surface area contributed by atoms with Gasteiger partial charge in [-0.15, -0.1) is 0 Å². The lowest BCUT2D eigenvalue weighted by molar-refractivity contribution is 0.253. The van der Waals surface area contributed by atoms with E-state index in [0.717, 1.165) is 51.4 Å². The lowest BCUT2D eigenvalue weighted by Crippen LogP contribution is -2.44. The highest BCUT2D eigenvalue weighted by molar-refractivity contribution is 5.79. The third kappa shape index (κ3) is 12.6. The largest absolute Gasteiger partial charge is 0.396 e. The van der Waals surface area contributed by atoms with E-state index in [-0.39, 0.29) is 12.1 Å². The molecule has 4 N–H and O–H groups in total. The van der Waals surface area contributed by atoms with Gasteiger partial charge in [-0.1, -0.05) is 13.3 Å². The summed E-state index contributed by atoms with van der Waals surface area (Å²) >= 11 is 0. The smallest absolute Gasteiger partial charge is 0.191 e. The Morgan fingerprint density at radius 3 is 2.33 bits per heavy atom. The second-order valence-electron chi connectivity index (χ2n) is 6.49. The fourth-order valence-electron chi connectivity index (χ4n) is 2.10. The monoisotopic (exact) mass is 300 g/mol. The number of guanidine groups is 1. The maximum absolute atomic E-state index is 9.09. The molecule has 0 amide bonds. The quantitative estimate of drug-likeness (QED) is 0.282. The highest BCUT2D eigenvalue weighted by atomic mass is 16.3. The minimum absolute atomic E-state index is 0.143. The van der Waals surface area contributed by atoms with Crippen molar-refractivity contribution in [1.29, 1.82) is 0 Å². The van der Waals surface area contributed by atoms with Crippen molar-refractivity contribution in [3.8, 4) is 0 Å². The number of aliphatic hydroxyl groups is 1. The number of aliphatic imine (C=N–C) groups is 1. The predicted octanol–water partition coefficient (Wildman–Crippen LogP) is 1.73. The fraction of sp³-hybridized carbons (Fsp3) is 0.938. The highest BCUT2D eigenvalue weighted by Crippen LogP contribution is 2.10. The van der Waals surface area contributed by atoms with Gasteiger partial charge in [0.25, 0.3) is 0 Å². The molecule has 0 aromatic carbocycles. The highest BCUT2D eigenvalue weighted by Gasteiger charge is 2.09. The molecule has 1 unspecified atom stereocenters. The van der Waals surface area contributed by atoms with Gasteiger partial charge in [0.2, 0.25) is 0 Å². The van der Waals surface area contributed by atoms with Crippen molar-refractivity contribution in [3.05, 3.63) is 0 Å². The average molecular weight is 300 g/mol. The molecule has 5 heteroatoms. The van der Waals surface area contributed by atoms with Gasteiger partial charge in [-0.2, -0.15) is 0 Å². The molecule has 0 bridgehead atoms. The van der Waals surface area contributed by atoms with Crippen LogP contribution in [0.15, 0.2) is 4.99 Å². The Labute approximate surface area is 131 Å². The second-order valence-corrected chi connectivity index (χ2v) is 6.49. The summed E-state index contributed by atoms with van der Waals surface area (Å²) in [5.74, 6) is 1.34. The van der Waals surface area contributed by atoms with Crippen molar-refractivity contribution >= 4 is 5.96 Å². The molecule has 0 rings (SSSR count). The molecular formula is C16H36N4O. The SMILES string of the molecule is CCCC(CCO)CN=C(NCC)NCCNC(C)(C)C. The lowest BCUT2D eigenvalue weighted by atomic mass is 10.0. The van der Waals surface area contributed by atoms with Crippen LogP contribution in [0.4, 0.5) is 0 Å². The van der Waals surface area contributed by atoms with E-state index in [4.69, 9.17) is 5.11 Å². The first kappa shape index (κ1) is 20.2. The second kappa shape index (κ2) is 11.8. The summed E-state index contributed by atoms with van der Waals surface area (Å²) in [6.45, 7) is 14.4. The van der Waals surface area contributed by atoms with Crippen LogP contribution in [0.2, 0.25) is 0 Å². The van der Waals surface area contributed by atoms with Gasteiger partial charge in [-0.3, -0.25) is 4.99 Å². The van der Waals surface area contributed by atoms with Gasteiger partial charge in [0, 0.05) is 38.3 Å². The Bertz CT molecular complexity index is 268. The van der Waals surface area contributed by atoms with E-state index in [9.17, 15) is 0 Å². The van der Waals surface area contributed by atoms with E-state index in [1.807, 2.05) is 0 Å². The minimum atomic E-state index is 0.143. The Hall–Kier alpha value is -0.810. The zero-order valence-electron chi connectivity index (χ0n) is 14.6. The minimum Gasteiger partial charge on any atom is -0.396 e. The number of nitrogens with zero attached hydrogens (tertiary/aromatic N) is 1. The van der Waals surface area contributed by atoms with Crippen molar-refractivity contribution in [1.82, 2.24) is 16.0 Å². The molecule has 0 aliphatic heterocycles. The van der Waals surface area contributed by atoms with Crippen LogP contribution in [-0.4, -0.2) is 49.4 Å². The molecule has 0 aromatic rings. The van der Waals surface area contributed by atoms with Crippen LogP contribution in [0.1, 0.15) is 53.9 Å². The molecule has 1 atom stereocenters. The molecule has 21 heavy (non-hydrogen) atoms. The summed E-state index contributed by atoms with van der Waals surface area (Å²) in [6.07, 6.45) is 3.09. The Morgan fingerprint density at radius 2 is 1.81 bits per heavy atom. The van der Waals surface area contributed by atoms with Crippen molar-refractivity contribution in [2.75, 3.05) is 32.8 Å². The third-order valence-electron chi connectivity index (χ3n) is 3.16. The lowest BCUT2D eigenvalue weighted by Gasteiger charge is -2.21. The number of hydrogen-bond donors (Lipinski definition) is 4. The predicted molar refractivity (Wildman–Crippen MR) is 91.8 cm³/mol. The molecular weight excluding hydrogens is 264 g/mol. The van der Waals surface area contributed by atoms with Crippen molar-refractivity contribution in [2.45, 2.75) is 59.4 Å². The molecule has 0 radical (unpaired) electrons. The van der Waals surface area contributed by atoms with Gasteiger partial charge < -0.3 is 21.1 Å². The number of hydrogen-bond acceptors (Lipinski definition) is 3. The standard InChI is InChI=1S/C16H36N4O/c1-6-8-14(9-12-21)13-19-15(17-7-2)18-10-11-20-16(3,4)5/h14,20-21H,6-13H2,1-5H3,(H2,17,18,19). The molecule has 0 fully saturated rings. The molecule has 0 aromatic heterocycles. The van der Waals surface area contributed by atoms with E-state index in [0.29, 0.717) is 5.92 Å². The van der Waals surface area contributed by atoms with Crippen LogP contribution in [-0.2, 0) is 0 Å². The van der Waals surface area contributed by atoms with Gasteiger partial charge in [0.05, 0.1) is 0 Å². The van der Waals surface area contributed by atoms with E-state index in [1.165, 1.54) is 0 Å². The van der Waals surface area contributed by atoms with E-state index >= 15 is 0 Å². The topological polar surface area (TPSA) is 68.7 Å². The molecule has 0 aliphatic rings. The molecule has 0 saturated heterocycles. The summed E-state index contributed by atoms with van der Waals surface area (Å²) in [7, 11) is 0. The third-order valence-corrected chi connectivity index (χ3v) is 3.16. The van der Waals surface area contributed by atoms with Gasteiger partial charge in [-0.25, -0.2) is 0 Å². The van der Waals surface area contributed by atoms with Gasteiger partial charge in [-0.05, 0) is 46.5 Å². The van der Waals surface area contributed by atoms with Crippen molar-refractivity contribution in [2.24, 2.45) is 10.9 Å². The summed E-state index contributed by atoms with van der Waals surface area (Å²) in [4.78, 5) is 4.64. The molecule has 0 heterocycles. The van der Waals surface area contributed by atoms with E-state index in [2.05, 4.69) is 55.6 Å². The maximum Gasteiger partial charge on any atom is 0.191 e. The van der Waals surface area contributed by atoms with E-state index < -0.39 is 0 Å². The van der Waals surface area contributed by atoms with Crippen molar-refractivity contribution < 1.29 is 5.11 Å². The van der Waals surface area contributed by atoms with Crippen LogP contribution in [0, 0.1) is 5.92 Å². The zero-order valence-corrected chi connectivity index (χ0v) is 14.6. The Balaban J connectivity index is 4.21. The molecule has 0 saturated carbocycles. The van der Waals surface area contributed by atoms with Crippen LogP contribution in [0.25, 0.3) is 0 Å². The maximum atomic E-state index is 9.09. The molecule has 0 aliphatic carbocycles. The summed E-state index contributed by atoms with van der Waals surface area (Å²) < 4.78 is 0. The summed E-state index contributed by atoms with van der Waals surface area (Å²) in [6, 6.07) is 0. The normalized spacial score (nSPS) is 14.1. The fourth-order valence-corrected chi connectivity index (χ4v) is 2.10. The van der Waals surface area contributed by atoms with Crippen LogP contribution in [0.5, 0.6) is 0 Å². The van der Waals surface area contributed by atoms with Crippen LogP contribution < -0.4 is 16.0 Å². The van der Waals surface area contributed by atoms with Crippen LogP contribution >= 0.6 is 0 Å². The van der Waals surface area contributed by atoms with Crippen molar-refractivity contribution in [3.63, 3.8) is 0 Å². The Kier molecular flexibility index (Phi) is 11.4. The van der Waals surface area contributed by atoms with Crippen LogP contribution in [0.3, 0.4) is 0 Å². The number of nitrogens with one attached hydrogen (secondary N) is 3. The van der Waals surface area contributed by atoms with E-state index in [1.54, 1.807) is 0 Å². The molecule has 0 spiro atoms. The first-order valence-electron chi connectivity index (χ1n) is 8.31. The molecule has 5 nitrogen and oxygen atoms in total. The number of rotatable bonds is 10. The van der Waals surface area contributed by atoms with Gasteiger partial charge in [0.1, 0.15) is 0 Å². The van der Waals surface area contributed by atoms with Gasteiger partial charge in [0.15, 0.2) is 5.96 Å². The first-order chi connectivity index (χ1) is 9.92. The average Bonchev–Trinajstić information content (AvgIpc) is 2.40. The zero-order chi connectivity index (χ0) is 16.1. The summed E-state index contributed by atoms with van der Waals surface area (Å²) in [5.41, 5.74) is 0.143. The molecule has 126 valence electrons. The first-order valence-corrected chi connectivity index (χ1v) is 8.31. The van der Waals surface area contributed by atoms with Gasteiger partial charge >= 0.3 is 0 Å². The number of aliphatic hydroxyl groups excluding tert-OH is 1.